The Balaban J connectivity index is 1.53. The minimum absolute atomic E-state index is 0.185. The van der Waals surface area contributed by atoms with Crippen molar-refractivity contribution in [1.82, 2.24) is 5.32 Å². The van der Waals surface area contributed by atoms with Gasteiger partial charge in [-0.05, 0) is 71.6 Å². The predicted octanol–water partition coefficient (Wildman–Crippen LogP) is 5.48. The van der Waals surface area contributed by atoms with Crippen LogP contribution in [0.4, 0.5) is 0 Å². The summed E-state index contributed by atoms with van der Waals surface area (Å²) in [7, 11) is 1.42. The minimum Gasteiger partial charge on any atom is -0.490 e. The lowest BCUT2D eigenvalue weighted by atomic mass is 9.72. The fraction of sp³-hybridized carbons (Fsp3) is 0.560. The SMILES string of the molecule is COC(=O)CCNCc1ccc2cc(OC3CCC(C(C)(C)C)CC3)ccc2c1. The molecule has 4 heteroatoms. The van der Waals surface area contributed by atoms with Crippen LogP contribution in [-0.4, -0.2) is 25.7 Å². The van der Waals surface area contributed by atoms with E-state index >= 15 is 0 Å². The molecule has 158 valence electrons. The number of esters is 1. The first kappa shape index (κ1) is 21.6. The smallest absolute Gasteiger partial charge is 0.306 e. The molecule has 0 spiro atoms. The van der Waals surface area contributed by atoms with E-state index < -0.39 is 0 Å². The number of rotatable bonds is 7. The van der Waals surface area contributed by atoms with E-state index in [0.717, 1.165) is 31.1 Å². The quantitative estimate of drug-likeness (QED) is 0.497. The van der Waals surface area contributed by atoms with Crippen molar-refractivity contribution >= 4 is 16.7 Å². The second kappa shape index (κ2) is 9.62. The van der Waals surface area contributed by atoms with Gasteiger partial charge in [-0.1, -0.05) is 39.0 Å². The van der Waals surface area contributed by atoms with E-state index in [9.17, 15) is 4.79 Å². The number of carbonyl (C=O) groups is 1. The largest absolute Gasteiger partial charge is 0.490 e. The number of nitrogens with one attached hydrogen (secondary N) is 1. The summed E-state index contributed by atoms with van der Waals surface area (Å²) in [6, 6.07) is 12.9. The van der Waals surface area contributed by atoms with Gasteiger partial charge in [0, 0.05) is 13.1 Å². The molecule has 0 radical (unpaired) electrons. The fourth-order valence-electron chi connectivity index (χ4n) is 4.22. The van der Waals surface area contributed by atoms with Crippen LogP contribution in [0.15, 0.2) is 36.4 Å². The van der Waals surface area contributed by atoms with Crippen molar-refractivity contribution in [3.05, 3.63) is 42.0 Å². The number of hydrogen-bond acceptors (Lipinski definition) is 4. The van der Waals surface area contributed by atoms with E-state index in [4.69, 9.17) is 4.74 Å². The fourth-order valence-corrected chi connectivity index (χ4v) is 4.22. The highest BCUT2D eigenvalue weighted by Crippen LogP contribution is 2.39. The second-order valence-electron chi connectivity index (χ2n) is 9.30. The van der Waals surface area contributed by atoms with Gasteiger partial charge in [-0.25, -0.2) is 0 Å². The molecule has 0 aliphatic heterocycles. The average Bonchev–Trinajstić information content (AvgIpc) is 2.70. The maximum absolute atomic E-state index is 11.2. The zero-order valence-corrected chi connectivity index (χ0v) is 18.3. The monoisotopic (exact) mass is 397 g/mol. The number of carbonyl (C=O) groups excluding carboxylic acids is 1. The third kappa shape index (κ3) is 6.20. The lowest BCUT2D eigenvalue weighted by Gasteiger charge is -2.37. The zero-order chi connectivity index (χ0) is 20.9. The van der Waals surface area contributed by atoms with Gasteiger partial charge in [-0.15, -0.1) is 0 Å². The number of methoxy groups -OCH3 is 1. The summed E-state index contributed by atoms with van der Waals surface area (Å²) in [5.74, 6) is 1.59. The number of fused-ring (bicyclic) bond motifs is 1. The summed E-state index contributed by atoms with van der Waals surface area (Å²) in [6.45, 7) is 8.42. The Morgan fingerprint density at radius 1 is 1.03 bits per heavy atom. The summed E-state index contributed by atoms with van der Waals surface area (Å²) in [5, 5.41) is 5.69. The van der Waals surface area contributed by atoms with Crippen molar-refractivity contribution in [2.24, 2.45) is 11.3 Å². The van der Waals surface area contributed by atoms with Crippen LogP contribution in [0.3, 0.4) is 0 Å². The Morgan fingerprint density at radius 3 is 2.41 bits per heavy atom. The Bertz CT molecular complexity index is 816. The van der Waals surface area contributed by atoms with Gasteiger partial charge in [0.2, 0.25) is 0 Å². The maximum Gasteiger partial charge on any atom is 0.306 e. The van der Waals surface area contributed by atoms with E-state index in [1.165, 1.54) is 36.3 Å². The minimum atomic E-state index is -0.185. The van der Waals surface area contributed by atoms with Gasteiger partial charge in [0.15, 0.2) is 0 Å². The molecular weight excluding hydrogens is 362 g/mol. The van der Waals surface area contributed by atoms with E-state index in [-0.39, 0.29) is 5.97 Å². The molecule has 29 heavy (non-hydrogen) atoms. The molecule has 4 nitrogen and oxygen atoms in total. The Morgan fingerprint density at radius 2 is 1.72 bits per heavy atom. The molecule has 2 aromatic rings. The van der Waals surface area contributed by atoms with E-state index in [2.05, 4.69) is 67.2 Å². The summed E-state index contributed by atoms with van der Waals surface area (Å²) >= 11 is 0. The molecule has 0 amide bonds. The Kier molecular flexibility index (Phi) is 7.18. The summed E-state index contributed by atoms with van der Waals surface area (Å²) in [5.41, 5.74) is 1.61. The van der Waals surface area contributed by atoms with Crippen molar-refractivity contribution in [3.63, 3.8) is 0 Å². The highest BCUT2D eigenvalue weighted by Gasteiger charge is 2.30. The molecule has 0 heterocycles. The number of ether oxygens (including phenoxy) is 2. The third-order valence-electron chi connectivity index (χ3n) is 6.14. The van der Waals surface area contributed by atoms with Gasteiger partial charge in [-0.3, -0.25) is 4.79 Å². The number of benzene rings is 2. The van der Waals surface area contributed by atoms with Gasteiger partial charge in [0.25, 0.3) is 0 Å². The van der Waals surface area contributed by atoms with Crippen molar-refractivity contribution in [2.75, 3.05) is 13.7 Å². The lowest BCUT2D eigenvalue weighted by Crippen LogP contribution is -2.30. The van der Waals surface area contributed by atoms with Crippen molar-refractivity contribution < 1.29 is 14.3 Å². The first-order chi connectivity index (χ1) is 13.8. The Labute approximate surface area is 175 Å². The second-order valence-corrected chi connectivity index (χ2v) is 9.30. The maximum atomic E-state index is 11.2. The van der Waals surface area contributed by atoms with E-state index in [1.807, 2.05) is 0 Å². The molecule has 1 fully saturated rings. The molecular formula is C25H35NO3. The highest BCUT2D eigenvalue weighted by atomic mass is 16.5. The third-order valence-corrected chi connectivity index (χ3v) is 6.14. The Hall–Kier alpha value is -2.07. The van der Waals surface area contributed by atoms with Gasteiger partial charge < -0.3 is 14.8 Å². The van der Waals surface area contributed by atoms with Crippen LogP contribution < -0.4 is 10.1 Å². The lowest BCUT2D eigenvalue weighted by molar-refractivity contribution is -0.140. The molecule has 1 N–H and O–H groups in total. The van der Waals surface area contributed by atoms with E-state index in [0.29, 0.717) is 24.5 Å². The summed E-state index contributed by atoms with van der Waals surface area (Å²) in [6.07, 6.45) is 5.54. The topological polar surface area (TPSA) is 47.6 Å². The molecule has 0 bridgehead atoms. The molecule has 1 aliphatic rings. The normalized spacial score (nSPS) is 19.9. The summed E-state index contributed by atoms with van der Waals surface area (Å²) < 4.78 is 11.0. The first-order valence-electron chi connectivity index (χ1n) is 10.8. The van der Waals surface area contributed by atoms with Crippen LogP contribution in [0.2, 0.25) is 0 Å². The van der Waals surface area contributed by atoms with Crippen LogP contribution in [-0.2, 0) is 16.1 Å². The summed E-state index contributed by atoms with van der Waals surface area (Å²) in [4.78, 5) is 11.2. The van der Waals surface area contributed by atoms with Gasteiger partial charge >= 0.3 is 5.97 Å². The van der Waals surface area contributed by atoms with Crippen LogP contribution in [0, 0.1) is 11.3 Å². The predicted molar refractivity (Wildman–Crippen MR) is 118 cm³/mol. The highest BCUT2D eigenvalue weighted by molar-refractivity contribution is 5.84. The molecule has 3 rings (SSSR count). The van der Waals surface area contributed by atoms with Crippen molar-refractivity contribution in [2.45, 2.75) is 65.5 Å². The molecule has 0 saturated heterocycles. The number of hydrogen-bond donors (Lipinski definition) is 1. The van der Waals surface area contributed by atoms with Crippen LogP contribution in [0.25, 0.3) is 10.8 Å². The van der Waals surface area contributed by atoms with Crippen molar-refractivity contribution in [3.8, 4) is 5.75 Å². The van der Waals surface area contributed by atoms with Gasteiger partial charge in [-0.2, -0.15) is 0 Å². The van der Waals surface area contributed by atoms with Gasteiger partial charge in [0.1, 0.15) is 5.75 Å². The molecule has 1 saturated carbocycles. The average molecular weight is 398 g/mol. The van der Waals surface area contributed by atoms with Crippen LogP contribution in [0.1, 0.15) is 58.4 Å². The zero-order valence-electron chi connectivity index (χ0n) is 18.3. The van der Waals surface area contributed by atoms with Crippen molar-refractivity contribution in [1.29, 1.82) is 0 Å². The molecule has 1 aliphatic carbocycles. The first-order valence-corrected chi connectivity index (χ1v) is 10.8. The van der Waals surface area contributed by atoms with Crippen LogP contribution >= 0.6 is 0 Å². The molecule has 0 aromatic heterocycles. The van der Waals surface area contributed by atoms with E-state index in [1.54, 1.807) is 0 Å². The molecule has 0 unspecified atom stereocenters. The molecule has 2 aromatic carbocycles. The van der Waals surface area contributed by atoms with Crippen LogP contribution in [0.5, 0.6) is 5.75 Å². The van der Waals surface area contributed by atoms with Gasteiger partial charge in [0.05, 0.1) is 19.6 Å². The molecule has 0 atom stereocenters. The standard InChI is InChI=1S/C25H35NO3/c1-25(2,3)21-8-11-22(12-9-21)29-23-10-7-19-15-18(5-6-20(19)16-23)17-26-14-13-24(27)28-4/h5-7,10,15-16,21-22,26H,8-9,11-14,17H2,1-4H3.